The lowest BCUT2D eigenvalue weighted by Crippen LogP contribution is -2.17. The fraction of sp³-hybridized carbons (Fsp3) is 0.167. The van der Waals surface area contributed by atoms with Crippen LogP contribution in [0, 0.1) is 0 Å². The van der Waals surface area contributed by atoms with E-state index in [-0.39, 0.29) is 30.8 Å². The van der Waals surface area contributed by atoms with E-state index in [4.69, 9.17) is 10.5 Å². The maximum Gasteiger partial charge on any atom is 0.307 e. The predicted octanol–water partition coefficient (Wildman–Crippen LogP) is 3.98. The zero-order valence-corrected chi connectivity index (χ0v) is 13.1. The van der Waals surface area contributed by atoms with Crippen LogP contribution in [-0.2, 0) is 9.53 Å². The van der Waals surface area contributed by atoms with E-state index in [1.165, 1.54) is 7.11 Å². The van der Waals surface area contributed by atoms with Crippen molar-refractivity contribution in [2.45, 2.75) is 12.5 Å². The van der Waals surface area contributed by atoms with E-state index in [0.29, 0.717) is 0 Å². The molecule has 4 heteroatoms. The summed E-state index contributed by atoms with van der Waals surface area (Å²) in [5.74, 6) is -0.292. The van der Waals surface area contributed by atoms with Crippen molar-refractivity contribution in [1.82, 2.24) is 0 Å². The molecule has 3 rings (SSSR count). The minimum atomic E-state index is -0.381. The number of fused-ring (bicyclic) bond motifs is 2. The van der Waals surface area contributed by atoms with Crippen molar-refractivity contribution < 1.29 is 9.53 Å². The second-order valence-corrected chi connectivity index (χ2v) is 5.12. The molecule has 114 valence electrons. The molecule has 0 fully saturated rings. The fourth-order valence-corrected chi connectivity index (χ4v) is 2.81. The van der Waals surface area contributed by atoms with Crippen LogP contribution in [0.4, 0.5) is 0 Å². The average Bonchev–Trinajstić information content (AvgIpc) is 2.52. The largest absolute Gasteiger partial charge is 0.469 e. The lowest BCUT2D eigenvalue weighted by molar-refractivity contribution is -0.141. The molecule has 0 saturated heterocycles. The third-order valence-corrected chi connectivity index (χ3v) is 3.80. The first-order valence-corrected chi connectivity index (χ1v) is 6.93. The molecule has 22 heavy (non-hydrogen) atoms. The number of esters is 1. The van der Waals surface area contributed by atoms with Gasteiger partial charge in [0, 0.05) is 6.04 Å². The third-order valence-electron chi connectivity index (χ3n) is 3.80. The first-order chi connectivity index (χ1) is 10.2. The first kappa shape index (κ1) is 16.3. The van der Waals surface area contributed by atoms with Gasteiger partial charge < -0.3 is 10.5 Å². The van der Waals surface area contributed by atoms with Crippen LogP contribution in [0.1, 0.15) is 18.0 Å². The topological polar surface area (TPSA) is 52.3 Å². The quantitative estimate of drug-likeness (QED) is 0.587. The van der Waals surface area contributed by atoms with Gasteiger partial charge in [-0.15, -0.1) is 12.4 Å². The number of ether oxygens (including phenoxy) is 1. The van der Waals surface area contributed by atoms with Crippen LogP contribution >= 0.6 is 12.4 Å². The Bertz CT molecular complexity index is 762. The number of nitrogens with two attached hydrogens (primary N) is 1. The SMILES string of the molecule is COC(=O)C[C@@H](N)c1c2ccccc2cc2ccccc12.Cl. The molecule has 0 unspecified atom stereocenters. The van der Waals surface area contributed by atoms with Gasteiger partial charge >= 0.3 is 5.97 Å². The van der Waals surface area contributed by atoms with Gasteiger partial charge in [0.1, 0.15) is 0 Å². The number of carbonyl (C=O) groups is 1. The third kappa shape index (κ3) is 2.91. The van der Waals surface area contributed by atoms with Crippen LogP contribution in [-0.4, -0.2) is 13.1 Å². The molecule has 0 amide bonds. The van der Waals surface area contributed by atoms with Crippen molar-refractivity contribution in [2.24, 2.45) is 5.73 Å². The number of rotatable bonds is 3. The Balaban J connectivity index is 0.00000176. The van der Waals surface area contributed by atoms with E-state index in [2.05, 4.69) is 18.2 Å². The molecule has 3 aromatic rings. The summed E-state index contributed by atoms with van der Waals surface area (Å²) in [7, 11) is 1.39. The van der Waals surface area contributed by atoms with Gasteiger partial charge in [-0.3, -0.25) is 4.79 Å². The van der Waals surface area contributed by atoms with Crippen LogP contribution < -0.4 is 5.73 Å². The Kier molecular flexibility index (Phi) is 5.01. The van der Waals surface area contributed by atoms with Crippen molar-refractivity contribution >= 4 is 39.9 Å². The lowest BCUT2D eigenvalue weighted by atomic mass is 9.91. The molecule has 0 heterocycles. The van der Waals surface area contributed by atoms with Crippen molar-refractivity contribution in [2.75, 3.05) is 7.11 Å². The van der Waals surface area contributed by atoms with Gasteiger partial charge in [0.2, 0.25) is 0 Å². The molecular formula is C18H18ClNO2. The van der Waals surface area contributed by atoms with Crippen LogP contribution in [0.3, 0.4) is 0 Å². The Morgan fingerprint density at radius 1 is 1.05 bits per heavy atom. The predicted molar refractivity (Wildman–Crippen MR) is 92.3 cm³/mol. The van der Waals surface area contributed by atoms with Gasteiger partial charge in [-0.2, -0.15) is 0 Å². The van der Waals surface area contributed by atoms with E-state index in [0.717, 1.165) is 27.1 Å². The smallest absolute Gasteiger partial charge is 0.307 e. The molecule has 0 aromatic heterocycles. The molecule has 3 nitrogen and oxygen atoms in total. The van der Waals surface area contributed by atoms with Crippen molar-refractivity contribution in [1.29, 1.82) is 0 Å². The highest BCUT2D eigenvalue weighted by molar-refractivity contribution is 6.02. The standard InChI is InChI=1S/C18H17NO2.ClH/c1-21-17(20)11-16(19)18-14-8-4-2-6-12(14)10-13-7-3-5-9-15(13)18;/h2-10,16H,11,19H2,1H3;1H/t16-;/m1./s1. The highest BCUT2D eigenvalue weighted by atomic mass is 35.5. The van der Waals surface area contributed by atoms with Crippen molar-refractivity contribution in [3.63, 3.8) is 0 Å². The first-order valence-electron chi connectivity index (χ1n) is 6.93. The number of hydrogen-bond acceptors (Lipinski definition) is 3. The summed E-state index contributed by atoms with van der Waals surface area (Å²) in [5.41, 5.74) is 7.31. The van der Waals surface area contributed by atoms with Crippen LogP contribution in [0.25, 0.3) is 21.5 Å². The zero-order valence-electron chi connectivity index (χ0n) is 12.3. The minimum absolute atomic E-state index is 0. The monoisotopic (exact) mass is 315 g/mol. The van der Waals surface area contributed by atoms with Crippen molar-refractivity contribution in [3.05, 3.63) is 60.2 Å². The van der Waals surface area contributed by atoms with E-state index in [9.17, 15) is 4.79 Å². The minimum Gasteiger partial charge on any atom is -0.469 e. The molecular weight excluding hydrogens is 298 g/mol. The van der Waals surface area contributed by atoms with Gasteiger partial charge in [0.15, 0.2) is 0 Å². The van der Waals surface area contributed by atoms with Gasteiger partial charge in [0.05, 0.1) is 13.5 Å². The summed E-state index contributed by atoms with van der Waals surface area (Å²) in [6, 6.07) is 18.0. The van der Waals surface area contributed by atoms with E-state index < -0.39 is 0 Å². The van der Waals surface area contributed by atoms with E-state index >= 15 is 0 Å². The molecule has 0 saturated carbocycles. The molecule has 0 aliphatic heterocycles. The summed E-state index contributed by atoms with van der Waals surface area (Å²) in [6.07, 6.45) is 0.175. The number of hydrogen-bond donors (Lipinski definition) is 1. The summed E-state index contributed by atoms with van der Waals surface area (Å²) in [4.78, 5) is 11.6. The number of carbonyl (C=O) groups excluding carboxylic acids is 1. The average molecular weight is 316 g/mol. The molecule has 0 bridgehead atoms. The molecule has 2 N–H and O–H groups in total. The van der Waals surface area contributed by atoms with Gasteiger partial charge in [-0.05, 0) is 33.2 Å². The molecule has 3 aromatic carbocycles. The van der Waals surface area contributed by atoms with Gasteiger partial charge in [-0.1, -0.05) is 48.5 Å². The number of benzene rings is 3. The maximum atomic E-state index is 11.6. The van der Waals surface area contributed by atoms with E-state index in [1.54, 1.807) is 0 Å². The van der Waals surface area contributed by atoms with Gasteiger partial charge in [0.25, 0.3) is 0 Å². The van der Waals surface area contributed by atoms with Crippen molar-refractivity contribution in [3.8, 4) is 0 Å². The summed E-state index contributed by atoms with van der Waals surface area (Å²) in [6.45, 7) is 0. The highest BCUT2D eigenvalue weighted by Crippen LogP contribution is 2.33. The molecule has 1 atom stereocenters. The molecule has 0 aliphatic carbocycles. The lowest BCUT2D eigenvalue weighted by Gasteiger charge is -2.17. The maximum absolute atomic E-state index is 11.6. The van der Waals surface area contributed by atoms with E-state index in [1.807, 2.05) is 36.4 Å². The highest BCUT2D eigenvalue weighted by Gasteiger charge is 2.17. The molecule has 0 radical (unpaired) electrons. The number of methoxy groups -OCH3 is 1. The van der Waals surface area contributed by atoms with Crippen LogP contribution in [0.15, 0.2) is 54.6 Å². The number of halogens is 1. The molecule has 0 spiro atoms. The Hall–Kier alpha value is -2.10. The molecule has 0 aliphatic rings. The fourth-order valence-electron chi connectivity index (χ4n) is 2.81. The van der Waals surface area contributed by atoms with Gasteiger partial charge in [-0.25, -0.2) is 0 Å². The Labute approximate surface area is 135 Å². The zero-order chi connectivity index (χ0) is 14.8. The Morgan fingerprint density at radius 3 is 2.05 bits per heavy atom. The van der Waals surface area contributed by atoms with Crippen LogP contribution in [0.2, 0.25) is 0 Å². The normalized spacial score (nSPS) is 11.9. The second kappa shape index (κ2) is 6.77. The Morgan fingerprint density at radius 2 is 1.55 bits per heavy atom. The summed E-state index contributed by atoms with van der Waals surface area (Å²) in [5, 5.41) is 4.44. The van der Waals surface area contributed by atoms with Crippen LogP contribution in [0.5, 0.6) is 0 Å². The summed E-state index contributed by atoms with van der Waals surface area (Å²) < 4.78 is 4.75. The second-order valence-electron chi connectivity index (χ2n) is 5.12. The summed E-state index contributed by atoms with van der Waals surface area (Å²) >= 11 is 0.